The minimum atomic E-state index is -0.262. The highest BCUT2D eigenvalue weighted by Crippen LogP contribution is 2.20. The molecule has 1 aromatic carbocycles. The van der Waals surface area contributed by atoms with E-state index in [1.165, 1.54) is 12.1 Å². The van der Waals surface area contributed by atoms with E-state index in [0.717, 1.165) is 17.1 Å². The molecule has 0 saturated heterocycles. The number of aromatic nitrogens is 2. The molecule has 0 bridgehead atoms. The van der Waals surface area contributed by atoms with Gasteiger partial charge in [-0.15, -0.1) is 0 Å². The number of halogens is 1. The van der Waals surface area contributed by atoms with E-state index in [4.69, 9.17) is 5.73 Å². The van der Waals surface area contributed by atoms with Crippen molar-refractivity contribution < 1.29 is 4.39 Å². The van der Waals surface area contributed by atoms with Crippen LogP contribution >= 0.6 is 0 Å². The molecule has 3 nitrogen and oxygen atoms in total. The Morgan fingerprint density at radius 3 is 2.71 bits per heavy atom. The van der Waals surface area contributed by atoms with Gasteiger partial charge in [0.2, 0.25) is 0 Å². The lowest BCUT2D eigenvalue weighted by molar-refractivity contribution is 0.623. The van der Waals surface area contributed by atoms with Gasteiger partial charge in [0.15, 0.2) is 0 Å². The highest BCUT2D eigenvalue weighted by Gasteiger charge is 2.12. The zero-order valence-electron chi connectivity index (χ0n) is 10.0. The van der Waals surface area contributed by atoms with Gasteiger partial charge in [0.05, 0.1) is 11.4 Å². The van der Waals surface area contributed by atoms with E-state index in [1.54, 1.807) is 10.7 Å². The van der Waals surface area contributed by atoms with E-state index < -0.39 is 0 Å². The van der Waals surface area contributed by atoms with Crippen LogP contribution in [0.1, 0.15) is 31.2 Å². The number of hydrogen-bond donors (Lipinski definition) is 1. The Balaban J connectivity index is 2.53. The molecule has 0 aliphatic heterocycles. The third kappa shape index (κ3) is 2.36. The third-order valence-corrected chi connectivity index (χ3v) is 2.64. The van der Waals surface area contributed by atoms with Crippen LogP contribution in [-0.2, 0) is 6.54 Å². The molecule has 2 N–H and O–H groups in total. The van der Waals surface area contributed by atoms with Crippen molar-refractivity contribution >= 4 is 0 Å². The SMILES string of the molecule is CC(C)c1cc(CN)nn1-c1cccc(F)c1. The van der Waals surface area contributed by atoms with Crippen molar-refractivity contribution in [3.05, 3.63) is 47.5 Å². The summed E-state index contributed by atoms with van der Waals surface area (Å²) in [5.74, 6) is 0.0491. The van der Waals surface area contributed by atoms with Crippen LogP contribution in [0.5, 0.6) is 0 Å². The number of nitrogens with zero attached hydrogens (tertiary/aromatic N) is 2. The Kier molecular flexibility index (Phi) is 3.24. The second-order valence-corrected chi connectivity index (χ2v) is 4.31. The molecular weight excluding hydrogens is 217 g/mol. The molecule has 90 valence electrons. The summed E-state index contributed by atoms with van der Waals surface area (Å²) in [7, 11) is 0. The Morgan fingerprint density at radius 2 is 2.12 bits per heavy atom. The zero-order chi connectivity index (χ0) is 12.4. The second kappa shape index (κ2) is 4.67. The first-order valence-corrected chi connectivity index (χ1v) is 5.66. The maximum Gasteiger partial charge on any atom is 0.125 e. The summed E-state index contributed by atoms with van der Waals surface area (Å²) in [5.41, 5.74) is 8.18. The molecule has 2 aromatic rings. The molecule has 0 unspecified atom stereocenters. The summed E-state index contributed by atoms with van der Waals surface area (Å²) in [6.45, 7) is 4.54. The summed E-state index contributed by atoms with van der Waals surface area (Å²) in [5, 5.41) is 4.39. The fourth-order valence-corrected chi connectivity index (χ4v) is 1.77. The minimum Gasteiger partial charge on any atom is -0.325 e. The monoisotopic (exact) mass is 233 g/mol. The van der Waals surface area contributed by atoms with Gasteiger partial charge in [-0.2, -0.15) is 5.10 Å². The maximum absolute atomic E-state index is 13.2. The Bertz CT molecular complexity index is 517. The highest BCUT2D eigenvalue weighted by molar-refractivity contribution is 5.34. The first kappa shape index (κ1) is 11.8. The van der Waals surface area contributed by atoms with Crippen LogP contribution in [0.4, 0.5) is 4.39 Å². The van der Waals surface area contributed by atoms with Crippen molar-refractivity contribution in [2.75, 3.05) is 0 Å². The van der Waals surface area contributed by atoms with Crippen molar-refractivity contribution in [3.8, 4) is 5.69 Å². The largest absolute Gasteiger partial charge is 0.325 e. The van der Waals surface area contributed by atoms with Gasteiger partial charge in [0, 0.05) is 12.2 Å². The van der Waals surface area contributed by atoms with Crippen molar-refractivity contribution in [1.29, 1.82) is 0 Å². The fraction of sp³-hybridized carbons (Fsp3) is 0.308. The zero-order valence-corrected chi connectivity index (χ0v) is 10.0. The number of benzene rings is 1. The van der Waals surface area contributed by atoms with Gasteiger partial charge in [0.25, 0.3) is 0 Å². The van der Waals surface area contributed by atoms with E-state index in [-0.39, 0.29) is 5.82 Å². The standard InChI is InChI=1S/C13H16FN3/c1-9(2)13-7-11(8-15)16-17(13)12-5-3-4-10(14)6-12/h3-7,9H,8,15H2,1-2H3. The topological polar surface area (TPSA) is 43.8 Å². The van der Waals surface area contributed by atoms with Gasteiger partial charge >= 0.3 is 0 Å². The average Bonchev–Trinajstić information content (AvgIpc) is 2.73. The van der Waals surface area contributed by atoms with Gasteiger partial charge < -0.3 is 5.73 Å². The van der Waals surface area contributed by atoms with Crippen LogP contribution in [0.3, 0.4) is 0 Å². The molecular formula is C13H16FN3. The lowest BCUT2D eigenvalue weighted by Crippen LogP contribution is -2.04. The van der Waals surface area contributed by atoms with Crippen LogP contribution < -0.4 is 5.73 Å². The summed E-state index contributed by atoms with van der Waals surface area (Å²) in [6, 6.07) is 8.38. The molecule has 0 radical (unpaired) electrons. The van der Waals surface area contributed by atoms with E-state index in [1.807, 2.05) is 12.1 Å². The molecule has 4 heteroatoms. The van der Waals surface area contributed by atoms with Crippen LogP contribution in [0, 0.1) is 5.82 Å². The molecule has 0 spiro atoms. The van der Waals surface area contributed by atoms with Gasteiger partial charge in [-0.3, -0.25) is 0 Å². The van der Waals surface area contributed by atoms with Gasteiger partial charge in [0.1, 0.15) is 5.82 Å². The lowest BCUT2D eigenvalue weighted by atomic mass is 10.1. The number of hydrogen-bond acceptors (Lipinski definition) is 2. The molecule has 1 aromatic heterocycles. The Morgan fingerprint density at radius 1 is 1.35 bits per heavy atom. The van der Waals surface area contributed by atoms with Crippen LogP contribution in [-0.4, -0.2) is 9.78 Å². The van der Waals surface area contributed by atoms with E-state index in [2.05, 4.69) is 18.9 Å². The third-order valence-electron chi connectivity index (χ3n) is 2.64. The molecule has 0 aliphatic carbocycles. The molecule has 0 fully saturated rings. The van der Waals surface area contributed by atoms with E-state index in [9.17, 15) is 4.39 Å². The molecule has 0 saturated carbocycles. The molecule has 2 rings (SSSR count). The van der Waals surface area contributed by atoms with Crippen LogP contribution in [0.15, 0.2) is 30.3 Å². The molecule has 0 aliphatic rings. The molecule has 1 heterocycles. The van der Waals surface area contributed by atoms with Crippen LogP contribution in [0.25, 0.3) is 5.69 Å². The predicted octanol–water partition coefficient (Wildman–Crippen LogP) is 2.59. The van der Waals surface area contributed by atoms with Crippen molar-refractivity contribution in [3.63, 3.8) is 0 Å². The lowest BCUT2D eigenvalue weighted by Gasteiger charge is -2.09. The molecule has 0 atom stereocenters. The van der Waals surface area contributed by atoms with Crippen molar-refractivity contribution in [2.24, 2.45) is 5.73 Å². The predicted molar refractivity (Wildman–Crippen MR) is 65.5 cm³/mol. The van der Waals surface area contributed by atoms with E-state index >= 15 is 0 Å². The maximum atomic E-state index is 13.2. The van der Waals surface area contributed by atoms with Crippen molar-refractivity contribution in [2.45, 2.75) is 26.3 Å². The van der Waals surface area contributed by atoms with Crippen LogP contribution in [0.2, 0.25) is 0 Å². The number of rotatable bonds is 3. The summed E-state index contributed by atoms with van der Waals surface area (Å²) in [4.78, 5) is 0. The van der Waals surface area contributed by atoms with Gasteiger partial charge in [-0.1, -0.05) is 19.9 Å². The first-order valence-electron chi connectivity index (χ1n) is 5.66. The van der Waals surface area contributed by atoms with Gasteiger partial charge in [-0.05, 0) is 30.2 Å². The summed E-state index contributed by atoms with van der Waals surface area (Å²) in [6.07, 6.45) is 0. The Labute approximate surface area is 100 Å². The Hall–Kier alpha value is -1.68. The highest BCUT2D eigenvalue weighted by atomic mass is 19.1. The fourth-order valence-electron chi connectivity index (χ4n) is 1.77. The quantitative estimate of drug-likeness (QED) is 0.885. The first-order chi connectivity index (χ1) is 8.11. The molecule has 17 heavy (non-hydrogen) atoms. The van der Waals surface area contributed by atoms with Crippen molar-refractivity contribution in [1.82, 2.24) is 9.78 Å². The second-order valence-electron chi connectivity index (χ2n) is 4.31. The molecule has 0 amide bonds. The normalized spacial score (nSPS) is 11.1. The minimum absolute atomic E-state index is 0.262. The van der Waals surface area contributed by atoms with Gasteiger partial charge in [-0.25, -0.2) is 9.07 Å². The summed E-state index contributed by atoms with van der Waals surface area (Å²) >= 11 is 0. The average molecular weight is 233 g/mol. The smallest absolute Gasteiger partial charge is 0.125 e. The van der Waals surface area contributed by atoms with E-state index in [0.29, 0.717) is 12.5 Å². The summed E-state index contributed by atoms with van der Waals surface area (Å²) < 4.78 is 15.0. The number of nitrogens with two attached hydrogens (primary N) is 1.